The molecule has 2 aromatic heterocycles. The smallest absolute Gasteiger partial charge is 0.199 e. The van der Waals surface area contributed by atoms with Gasteiger partial charge in [-0.2, -0.15) is 5.10 Å². The van der Waals surface area contributed by atoms with Gasteiger partial charge in [0.2, 0.25) is 0 Å². The lowest BCUT2D eigenvalue weighted by atomic mass is 10.3. The number of aromatic nitrogens is 5. The number of rotatable bonds is 5. The van der Waals surface area contributed by atoms with Crippen LogP contribution in [0.5, 0.6) is 0 Å². The van der Waals surface area contributed by atoms with Gasteiger partial charge in [0, 0.05) is 13.7 Å². The zero-order valence-corrected chi connectivity index (χ0v) is 12.2. The first-order valence-electron chi connectivity index (χ1n) is 5.41. The van der Waals surface area contributed by atoms with Gasteiger partial charge in [-0.15, -0.1) is 0 Å². The molecule has 0 atom stereocenters. The lowest BCUT2D eigenvalue weighted by molar-refractivity contribution is 0.181. The topological polar surface area (TPSA) is 88.6 Å². The van der Waals surface area contributed by atoms with Crippen LogP contribution >= 0.6 is 22.6 Å². The van der Waals surface area contributed by atoms with Crippen molar-refractivity contribution < 1.29 is 4.74 Å². The molecule has 2 rings (SSSR count). The molecule has 7 nitrogen and oxygen atoms in total. The summed E-state index contributed by atoms with van der Waals surface area (Å²) in [5.41, 5.74) is 0.829. The zero-order chi connectivity index (χ0) is 13.0. The van der Waals surface area contributed by atoms with Crippen molar-refractivity contribution in [3.05, 3.63) is 15.6 Å². The maximum absolute atomic E-state index is 5.15. The molecule has 2 heterocycles. The van der Waals surface area contributed by atoms with Gasteiger partial charge in [-0.1, -0.05) is 0 Å². The van der Waals surface area contributed by atoms with Gasteiger partial charge in [-0.05, 0) is 29.5 Å². The Morgan fingerprint density at radius 1 is 1.44 bits per heavy atom. The summed E-state index contributed by atoms with van der Waals surface area (Å²) in [6, 6.07) is 0. The number of nitrogens with one attached hydrogen (secondary N) is 2. The van der Waals surface area contributed by atoms with E-state index >= 15 is 0 Å². The molecule has 0 amide bonds. The van der Waals surface area contributed by atoms with E-state index < -0.39 is 0 Å². The lowest BCUT2D eigenvalue weighted by Crippen LogP contribution is -2.09. The third kappa shape index (κ3) is 2.75. The molecule has 0 aromatic carbocycles. The number of hydrogen-bond donors (Lipinski definition) is 2. The first kappa shape index (κ1) is 13.1. The van der Waals surface area contributed by atoms with Crippen molar-refractivity contribution in [1.29, 1.82) is 0 Å². The Morgan fingerprint density at radius 2 is 2.28 bits per heavy atom. The van der Waals surface area contributed by atoms with Gasteiger partial charge in [0.15, 0.2) is 11.6 Å². The molecule has 0 fully saturated rings. The minimum Gasteiger partial charge on any atom is -0.378 e. The first-order valence-corrected chi connectivity index (χ1v) is 6.49. The highest BCUT2D eigenvalue weighted by Crippen LogP contribution is 2.22. The number of anilines is 1. The summed E-state index contributed by atoms with van der Waals surface area (Å²) in [5.74, 6) is 1.84. The number of methoxy groups -OCH3 is 1. The van der Waals surface area contributed by atoms with E-state index in [4.69, 9.17) is 4.74 Å². The molecule has 0 aliphatic rings. The summed E-state index contributed by atoms with van der Waals surface area (Å²) in [6.45, 7) is 3.23. The van der Waals surface area contributed by atoms with Crippen molar-refractivity contribution >= 4 is 28.4 Å². The van der Waals surface area contributed by atoms with E-state index in [0.29, 0.717) is 18.3 Å². The Morgan fingerprint density at radius 3 is 2.89 bits per heavy atom. The summed E-state index contributed by atoms with van der Waals surface area (Å²) in [5, 5.41) is 9.76. The summed E-state index contributed by atoms with van der Waals surface area (Å²) in [7, 11) is 1.64. The second-order valence-electron chi connectivity index (χ2n) is 3.45. The molecule has 0 radical (unpaired) electrons. The summed E-state index contributed by atoms with van der Waals surface area (Å²) < 4.78 is 6.10. The fourth-order valence-electron chi connectivity index (χ4n) is 1.43. The summed E-state index contributed by atoms with van der Waals surface area (Å²) >= 11 is 2.21. The molecule has 0 saturated carbocycles. The maximum Gasteiger partial charge on any atom is 0.199 e. The van der Waals surface area contributed by atoms with Crippen LogP contribution < -0.4 is 5.32 Å². The minimum atomic E-state index is 0.431. The Kier molecular flexibility index (Phi) is 4.42. The van der Waals surface area contributed by atoms with Gasteiger partial charge in [0.25, 0.3) is 0 Å². The fraction of sp³-hybridized carbons (Fsp3) is 0.400. The highest BCUT2D eigenvalue weighted by atomic mass is 127. The van der Waals surface area contributed by atoms with Crippen molar-refractivity contribution in [3.63, 3.8) is 0 Å². The van der Waals surface area contributed by atoms with Crippen LogP contribution in [0.4, 0.5) is 5.82 Å². The van der Waals surface area contributed by atoms with Crippen LogP contribution in [0.2, 0.25) is 0 Å². The van der Waals surface area contributed by atoms with E-state index in [0.717, 1.165) is 21.6 Å². The summed E-state index contributed by atoms with van der Waals surface area (Å²) in [6.07, 6.45) is 1.43. The van der Waals surface area contributed by atoms with Gasteiger partial charge in [-0.25, -0.2) is 15.0 Å². The van der Waals surface area contributed by atoms with Crippen molar-refractivity contribution in [2.24, 2.45) is 0 Å². The van der Waals surface area contributed by atoms with Crippen molar-refractivity contribution in [1.82, 2.24) is 25.1 Å². The average molecular weight is 360 g/mol. The summed E-state index contributed by atoms with van der Waals surface area (Å²) in [4.78, 5) is 12.9. The molecule has 0 saturated heterocycles. The van der Waals surface area contributed by atoms with Gasteiger partial charge in [0.05, 0.1) is 15.9 Å². The van der Waals surface area contributed by atoms with Crippen LogP contribution in [0.15, 0.2) is 6.33 Å². The second kappa shape index (κ2) is 6.05. The van der Waals surface area contributed by atoms with Crippen LogP contribution in [0.1, 0.15) is 12.6 Å². The van der Waals surface area contributed by atoms with Crippen molar-refractivity contribution in [2.45, 2.75) is 13.5 Å². The first-order chi connectivity index (χ1) is 8.76. The van der Waals surface area contributed by atoms with E-state index in [1.807, 2.05) is 6.92 Å². The van der Waals surface area contributed by atoms with Gasteiger partial charge < -0.3 is 10.1 Å². The SMILES string of the molecule is CCNc1nc(-c2ncn[nH]2)nc(COC)c1I. The monoisotopic (exact) mass is 360 g/mol. The Balaban J connectivity index is 2.47. The van der Waals surface area contributed by atoms with E-state index in [-0.39, 0.29) is 0 Å². The third-order valence-corrected chi connectivity index (χ3v) is 3.31. The highest BCUT2D eigenvalue weighted by molar-refractivity contribution is 14.1. The molecule has 2 aromatic rings. The van der Waals surface area contributed by atoms with Crippen LogP contribution in [-0.2, 0) is 11.3 Å². The van der Waals surface area contributed by atoms with E-state index in [1.54, 1.807) is 7.11 Å². The quantitative estimate of drug-likeness (QED) is 0.785. The second-order valence-corrected chi connectivity index (χ2v) is 4.53. The highest BCUT2D eigenvalue weighted by Gasteiger charge is 2.14. The normalized spacial score (nSPS) is 10.6. The van der Waals surface area contributed by atoms with Crippen molar-refractivity contribution in [3.8, 4) is 11.6 Å². The lowest BCUT2D eigenvalue weighted by Gasteiger charge is -2.10. The predicted molar refractivity (Wildman–Crippen MR) is 75.0 cm³/mol. The Hall–Kier alpha value is -1.29. The Bertz CT molecular complexity index is 488. The number of ether oxygens (including phenoxy) is 1. The molecular formula is C10H13IN6O. The molecule has 96 valence electrons. The van der Waals surface area contributed by atoms with Gasteiger partial charge in [-0.3, -0.25) is 5.10 Å². The maximum atomic E-state index is 5.15. The molecule has 0 unspecified atom stereocenters. The van der Waals surface area contributed by atoms with Crippen LogP contribution in [0.3, 0.4) is 0 Å². The van der Waals surface area contributed by atoms with Gasteiger partial charge in [0.1, 0.15) is 12.1 Å². The number of H-pyrrole nitrogens is 1. The third-order valence-electron chi connectivity index (χ3n) is 2.17. The average Bonchev–Trinajstić information content (AvgIpc) is 2.88. The molecule has 18 heavy (non-hydrogen) atoms. The molecule has 0 bridgehead atoms. The number of aromatic amines is 1. The molecular weight excluding hydrogens is 347 g/mol. The van der Waals surface area contributed by atoms with Crippen LogP contribution in [-0.4, -0.2) is 38.8 Å². The fourth-order valence-corrected chi connectivity index (χ4v) is 2.02. The largest absolute Gasteiger partial charge is 0.378 e. The number of nitrogens with zero attached hydrogens (tertiary/aromatic N) is 4. The van der Waals surface area contributed by atoms with E-state index in [1.165, 1.54) is 6.33 Å². The predicted octanol–water partition coefficient (Wildman–Crippen LogP) is 1.44. The molecule has 2 N–H and O–H groups in total. The van der Waals surface area contributed by atoms with Gasteiger partial charge >= 0.3 is 0 Å². The van der Waals surface area contributed by atoms with Crippen LogP contribution in [0.25, 0.3) is 11.6 Å². The Labute approximate surface area is 118 Å². The number of hydrogen-bond acceptors (Lipinski definition) is 6. The standard InChI is InChI=1S/C10H13IN6O/c1-3-12-8-7(11)6(4-18-2)15-10(16-8)9-13-5-14-17-9/h5H,3-4H2,1-2H3,(H,12,15,16)(H,13,14,17). The molecule has 0 aliphatic heterocycles. The van der Waals surface area contributed by atoms with Crippen LogP contribution in [0, 0.1) is 3.57 Å². The molecule has 0 spiro atoms. The number of halogens is 1. The molecule has 8 heteroatoms. The zero-order valence-electron chi connectivity index (χ0n) is 10.1. The van der Waals surface area contributed by atoms with E-state index in [9.17, 15) is 0 Å². The van der Waals surface area contributed by atoms with Crippen molar-refractivity contribution in [2.75, 3.05) is 19.0 Å². The molecule has 0 aliphatic carbocycles. The van der Waals surface area contributed by atoms with E-state index in [2.05, 4.69) is 53.1 Å². The minimum absolute atomic E-state index is 0.431.